The molecule has 0 aliphatic carbocycles. The Bertz CT molecular complexity index is 1170. The van der Waals surface area contributed by atoms with Crippen LogP contribution in [-0.2, 0) is 17.7 Å². The first-order valence-electron chi connectivity index (χ1n) is 11.1. The number of aromatic nitrogens is 1. The molecule has 0 saturated carbocycles. The van der Waals surface area contributed by atoms with E-state index in [9.17, 15) is 15.1 Å². The van der Waals surface area contributed by atoms with E-state index in [1.54, 1.807) is 12.1 Å². The van der Waals surface area contributed by atoms with Gasteiger partial charge in [-0.2, -0.15) is 4.73 Å². The number of hydrogen-bond donors (Lipinski definition) is 2. The lowest BCUT2D eigenvalue weighted by Gasteiger charge is -2.26. The number of ether oxygens (including phenoxy) is 1. The molecule has 1 fully saturated rings. The van der Waals surface area contributed by atoms with Gasteiger partial charge in [0.05, 0.1) is 25.5 Å². The van der Waals surface area contributed by atoms with Crippen LogP contribution in [0.2, 0.25) is 0 Å². The Morgan fingerprint density at radius 1 is 0.909 bits per heavy atom. The fraction of sp³-hybridized carbons (Fsp3) is 0.296. The van der Waals surface area contributed by atoms with Crippen LogP contribution < -0.4 is 5.56 Å². The zero-order valence-corrected chi connectivity index (χ0v) is 18.5. The Labute approximate surface area is 193 Å². The number of pyridine rings is 1. The summed E-state index contributed by atoms with van der Waals surface area (Å²) in [5.41, 5.74) is 4.02. The van der Waals surface area contributed by atoms with E-state index in [0.717, 1.165) is 49.5 Å². The van der Waals surface area contributed by atoms with E-state index < -0.39 is 5.56 Å². The molecule has 1 aliphatic heterocycles. The Balaban J connectivity index is 1.39. The summed E-state index contributed by atoms with van der Waals surface area (Å²) in [5, 5.41) is 19.7. The van der Waals surface area contributed by atoms with Crippen molar-refractivity contribution in [2.75, 3.05) is 32.9 Å². The smallest absolute Gasteiger partial charge is 0.283 e. The zero-order chi connectivity index (χ0) is 23.0. The normalized spacial score (nSPS) is 14.9. The van der Waals surface area contributed by atoms with Crippen LogP contribution >= 0.6 is 0 Å². The van der Waals surface area contributed by atoms with E-state index in [4.69, 9.17) is 4.74 Å². The predicted molar refractivity (Wildman–Crippen MR) is 126 cm³/mol. The summed E-state index contributed by atoms with van der Waals surface area (Å²) in [5.74, 6) is 6.16. The van der Waals surface area contributed by atoms with Crippen LogP contribution in [0.15, 0.2) is 71.5 Å². The molecule has 1 atom stereocenters. The van der Waals surface area contributed by atoms with Crippen molar-refractivity contribution in [3.8, 4) is 11.8 Å². The van der Waals surface area contributed by atoms with Gasteiger partial charge >= 0.3 is 0 Å². The number of nitrogens with zero attached hydrogens (tertiary/aromatic N) is 2. The van der Waals surface area contributed by atoms with Crippen molar-refractivity contribution in [1.29, 1.82) is 0 Å². The van der Waals surface area contributed by atoms with Gasteiger partial charge in [-0.1, -0.05) is 42.2 Å². The lowest BCUT2D eigenvalue weighted by molar-refractivity contribution is 0.0342. The Hall–Kier alpha value is -3.37. The fourth-order valence-electron chi connectivity index (χ4n) is 3.91. The molecule has 3 aromatic rings. The molecule has 6 nitrogen and oxygen atoms in total. The first kappa shape index (κ1) is 22.8. The molecule has 1 aromatic heterocycles. The third kappa shape index (κ3) is 6.11. The summed E-state index contributed by atoms with van der Waals surface area (Å²) in [6.45, 7) is 4.39. The van der Waals surface area contributed by atoms with Crippen molar-refractivity contribution in [2.45, 2.75) is 18.9 Å². The number of rotatable bonds is 6. The highest BCUT2D eigenvalue weighted by molar-refractivity contribution is 5.44. The molecule has 2 aromatic carbocycles. The Morgan fingerprint density at radius 2 is 1.55 bits per heavy atom. The highest BCUT2D eigenvalue weighted by Crippen LogP contribution is 2.20. The van der Waals surface area contributed by atoms with Crippen molar-refractivity contribution in [3.05, 3.63) is 105 Å². The van der Waals surface area contributed by atoms with Gasteiger partial charge in [-0.3, -0.25) is 9.69 Å². The van der Waals surface area contributed by atoms with Gasteiger partial charge in [0.25, 0.3) is 5.56 Å². The molecule has 170 valence electrons. The van der Waals surface area contributed by atoms with Gasteiger partial charge in [-0.15, -0.1) is 0 Å². The van der Waals surface area contributed by atoms with Crippen LogP contribution in [0.4, 0.5) is 0 Å². The lowest BCUT2D eigenvalue weighted by atomic mass is 9.94. The minimum Gasteiger partial charge on any atom is -0.425 e. The van der Waals surface area contributed by atoms with Crippen molar-refractivity contribution in [2.24, 2.45) is 0 Å². The van der Waals surface area contributed by atoms with Gasteiger partial charge in [0.2, 0.25) is 0 Å². The SMILES string of the molecule is O=c1cccc(CC(CO)c2ccc(C#Cc3ccc(CN4CCOCC4)cc3)cc2)n1O. The number of benzene rings is 2. The molecule has 0 radical (unpaired) electrons. The molecule has 0 bridgehead atoms. The molecular formula is C27H28N2O4. The molecule has 2 N–H and O–H groups in total. The van der Waals surface area contributed by atoms with Gasteiger partial charge in [0.1, 0.15) is 0 Å². The second-order valence-corrected chi connectivity index (χ2v) is 8.21. The minimum absolute atomic E-state index is 0.0923. The monoisotopic (exact) mass is 444 g/mol. The Kier molecular flexibility index (Phi) is 7.59. The molecule has 6 heteroatoms. The maximum atomic E-state index is 11.6. The van der Waals surface area contributed by atoms with E-state index in [-0.39, 0.29) is 12.5 Å². The lowest BCUT2D eigenvalue weighted by Crippen LogP contribution is -2.35. The maximum Gasteiger partial charge on any atom is 0.283 e. The summed E-state index contributed by atoms with van der Waals surface area (Å²) in [6, 6.07) is 20.6. The third-order valence-electron chi connectivity index (χ3n) is 5.88. The number of aliphatic hydroxyl groups excluding tert-OH is 1. The van der Waals surface area contributed by atoms with E-state index in [0.29, 0.717) is 16.8 Å². The second kappa shape index (κ2) is 11.0. The molecule has 1 aliphatic rings. The zero-order valence-electron chi connectivity index (χ0n) is 18.5. The minimum atomic E-state index is -0.482. The average molecular weight is 445 g/mol. The maximum absolute atomic E-state index is 11.6. The largest absolute Gasteiger partial charge is 0.425 e. The van der Waals surface area contributed by atoms with Crippen LogP contribution in [0.3, 0.4) is 0 Å². The Morgan fingerprint density at radius 3 is 2.18 bits per heavy atom. The predicted octanol–water partition coefficient (Wildman–Crippen LogP) is 2.64. The fourth-order valence-corrected chi connectivity index (χ4v) is 3.91. The van der Waals surface area contributed by atoms with Crippen LogP contribution in [0, 0.1) is 11.8 Å². The summed E-state index contributed by atoms with van der Waals surface area (Å²) in [7, 11) is 0. The van der Waals surface area contributed by atoms with Gasteiger partial charge in [-0.05, 0) is 41.5 Å². The summed E-state index contributed by atoms with van der Waals surface area (Å²) in [4.78, 5) is 14.0. The van der Waals surface area contributed by atoms with Crippen LogP contribution in [0.5, 0.6) is 0 Å². The van der Waals surface area contributed by atoms with E-state index >= 15 is 0 Å². The molecular weight excluding hydrogens is 416 g/mol. The van der Waals surface area contributed by atoms with Crippen LogP contribution in [0.25, 0.3) is 0 Å². The molecule has 1 saturated heterocycles. The van der Waals surface area contributed by atoms with E-state index in [1.807, 2.05) is 36.4 Å². The second-order valence-electron chi connectivity index (χ2n) is 8.21. The standard InChI is InChI=1S/C27H28N2O4/c30-20-25(18-26-2-1-3-27(31)29(26)32)24-12-10-22(11-13-24)5-4-21-6-8-23(9-7-21)19-28-14-16-33-17-15-28/h1-3,6-13,25,30,32H,14-20H2. The molecule has 1 unspecified atom stereocenters. The van der Waals surface area contributed by atoms with Crippen molar-refractivity contribution >= 4 is 0 Å². The summed E-state index contributed by atoms with van der Waals surface area (Å²) in [6.07, 6.45) is 0.352. The third-order valence-corrected chi connectivity index (χ3v) is 5.88. The quantitative estimate of drug-likeness (QED) is 0.452. The van der Waals surface area contributed by atoms with Crippen LogP contribution in [0.1, 0.15) is 33.9 Å². The number of morpholine rings is 1. The van der Waals surface area contributed by atoms with Crippen molar-refractivity contribution in [3.63, 3.8) is 0 Å². The molecule has 0 amide bonds. The average Bonchev–Trinajstić information content (AvgIpc) is 2.86. The van der Waals surface area contributed by atoms with Crippen molar-refractivity contribution < 1.29 is 15.1 Å². The van der Waals surface area contributed by atoms with Gasteiger partial charge < -0.3 is 15.1 Å². The number of aliphatic hydroxyl groups is 1. The van der Waals surface area contributed by atoms with Crippen molar-refractivity contribution in [1.82, 2.24) is 9.63 Å². The van der Waals surface area contributed by atoms with E-state index in [2.05, 4.69) is 28.9 Å². The molecule has 4 rings (SSSR count). The van der Waals surface area contributed by atoms with Crippen LogP contribution in [-0.4, -0.2) is 52.9 Å². The molecule has 0 spiro atoms. The van der Waals surface area contributed by atoms with Gasteiger partial charge in [0.15, 0.2) is 0 Å². The first-order valence-corrected chi connectivity index (χ1v) is 11.1. The highest BCUT2D eigenvalue weighted by Gasteiger charge is 2.14. The topological polar surface area (TPSA) is 74.9 Å². The van der Waals surface area contributed by atoms with E-state index in [1.165, 1.54) is 11.6 Å². The van der Waals surface area contributed by atoms with Gasteiger partial charge in [0, 0.05) is 49.2 Å². The first-order chi connectivity index (χ1) is 16.1. The summed E-state index contributed by atoms with van der Waals surface area (Å²) < 4.78 is 6.03. The summed E-state index contributed by atoms with van der Waals surface area (Å²) >= 11 is 0. The number of hydrogen-bond acceptors (Lipinski definition) is 5. The molecule has 2 heterocycles. The van der Waals surface area contributed by atoms with Gasteiger partial charge in [-0.25, -0.2) is 0 Å². The highest BCUT2D eigenvalue weighted by atomic mass is 16.5. The molecule has 33 heavy (non-hydrogen) atoms.